The fraction of sp³-hybridized carbons (Fsp3) is 0.759. The average Bonchev–Trinajstić information content (AvgIpc) is 3.22. The molecular formula is C29H43NO7. The Labute approximate surface area is 220 Å². The molecule has 0 bridgehead atoms. The zero-order chi connectivity index (χ0) is 27.8. The molecule has 2 N–H and O–H groups in total. The lowest BCUT2D eigenvalue weighted by Gasteiger charge is -2.47. The van der Waals surface area contributed by atoms with Crippen molar-refractivity contribution in [2.75, 3.05) is 20.7 Å². The molecule has 4 aliphatic rings. The molecule has 0 aliphatic heterocycles. The van der Waals surface area contributed by atoms with Crippen molar-refractivity contribution in [2.24, 2.45) is 40.9 Å². The van der Waals surface area contributed by atoms with Gasteiger partial charge >= 0.3 is 11.9 Å². The van der Waals surface area contributed by atoms with E-state index < -0.39 is 40.7 Å². The van der Waals surface area contributed by atoms with Crippen molar-refractivity contribution in [1.29, 1.82) is 0 Å². The van der Waals surface area contributed by atoms with Crippen LogP contribution in [0.2, 0.25) is 0 Å². The molecule has 8 heteroatoms. The van der Waals surface area contributed by atoms with E-state index in [1.807, 2.05) is 65.8 Å². The minimum absolute atomic E-state index is 0.00196. The maximum atomic E-state index is 13.6. The Hall–Kier alpha value is -2.03. The summed E-state index contributed by atoms with van der Waals surface area (Å²) >= 11 is 0. The van der Waals surface area contributed by atoms with Gasteiger partial charge in [0, 0.05) is 36.5 Å². The van der Waals surface area contributed by atoms with Crippen LogP contribution in [0.5, 0.6) is 0 Å². The monoisotopic (exact) mass is 517 g/mol. The largest absolute Gasteiger partial charge is 0.457 e. The third-order valence-corrected chi connectivity index (χ3v) is 9.76. The van der Waals surface area contributed by atoms with Crippen LogP contribution in [-0.4, -0.2) is 76.9 Å². The van der Waals surface area contributed by atoms with Crippen LogP contribution < -0.4 is 0 Å². The van der Waals surface area contributed by atoms with Crippen LogP contribution >= 0.6 is 0 Å². The number of rotatable bonds is 6. The van der Waals surface area contributed by atoms with Crippen LogP contribution in [0.1, 0.15) is 54.9 Å². The van der Waals surface area contributed by atoms with E-state index in [-0.39, 0.29) is 54.4 Å². The first-order chi connectivity index (χ1) is 17.1. The maximum absolute atomic E-state index is 13.6. The summed E-state index contributed by atoms with van der Waals surface area (Å²) in [6.07, 6.45) is 3.13. The molecule has 0 amide bonds. The standard InChI is InChI=1S/C29H43NO7/c1-14(2)22(30(8)9)26(34)36-25-16(4)21-19(23-27(6,7)29(23,25)37-17(5)32)11-18(13-31)12-28(35)20(21)10-15(3)24(28)33/h10-11,14,16,19-23,25,31,35H,12-13H2,1-9H3/t16-,19+,20-,21?,22+,23+,25+,28-,29+/m0/s1. The quantitative estimate of drug-likeness (QED) is 0.408. The molecule has 4 rings (SSSR count). The normalized spacial score (nSPS) is 40.6. The number of hydrogen-bond donors (Lipinski definition) is 2. The first kappa shape index (κ1) is 28.0. The van der Waals surface area contributed by atoms with Crippen LogP contribution in [0, 0.1) is 40.9 Å². The number of Topliss-reactive ketones (excluding diaryl/α,β-unsaturated/α-hetero) is 1. The lowest BCUT2D eigenvalue weighted by molar-refractivity contribution is -0.197. The number of esters is 2. The Morgan fingerprint density at radius 3 is 2.35 bits per heavy atom. The minimum Gasteiger partial charge on any atom is -0.457 e. The van der Waals surface area contributed by atoms with Gasteiger partial charge in [0.2, 0.25) is 0 Å². The topological polar surface area (TPSA) is 113 Å². The third-order valence-electron chi connectivity index (χ3n) is 9.76. The molecule has 0 radical (unpaired) electrons. The molecule has 206 valence electrons. The second-order valence-corrected chi connectivity index (χ2v) is 12.9. The molecular weight excluding hydrogens is 474 g/mol. The van der Waals surface area contributed by atoms with E-state index in [9.17, 15) is 24.6 Å². The van der Waals surface area contributed by atoms with Gasteiger partial charge in [-0.1, -0.05) is 46.8 Å². The summed E-state index contributed by atoms with van der Waals surface area (Å²) in [5.74, 6) is -2.68. The number of aliphatic hydroxyl groups is 2. The lowest BCUT2D eigenvalue weighted by Crippen LogP contribution is -2.57. The summed E-state index contributed by atoms with van der Waals surface area (Å²) in [6, 6.07) is -0.484. The Kier molecular flexibility index (Phi) is 6.83. The van der Waals surface area contributed by atoms with Gasteiger partial charge in [-0.15, -0.1) is 0 Å². The first-order valence-corrected chi connectivity index (χ1v) is 13.4. The van der Waals surface area contributed by atoms with Crippen LogP contribution in [-0.2, 0) is 23.9 Å². The molecule has 0 saturated heterocycles. The van der Waals surface area contributed by atoms with Crippen LogP contribution in [0.3, 0.4) is 0 Å². The van der Waals surface area contributed by atoms with Gasteiger partial charge in [0.1, 0.15) is 17.7 Å². The highest BCUT2D eigenvalue weighted by Gasteiger charge is 2.85. The zero-order valence-corrected chi connectivity index (χ0v) is 23.6. The number of allylic oxidation sites excluding steroid dienone is 1. The molecule has 4 aliphatic carbocycles. The molecule has 0 heterocycles. The smallest absolute Gasteiger partial charge is 0.324 e. The second kappa shape index (κ2) is 9.02. The second-order valence-electron chi connectivity index (χ2n) is 12.9. The minimum atomic E-state index is -1.66. The van der Waals surface area contributed by atoms with Crippen molar-refractivity contribution < 1.29 is 34.1 Å². The molecule has 0 aromatic rings. The van der Waals surface area contributed by atoms with E-state index >= 15 is 0 Å². The molecule has 0 spiro atoms. The van der Waals surface area contributed by atoms with Crippen LogP contribution in [0.4, 0.5) is 0 Å². The molecule has 2 saturated carbocycles. The van der Waals surface area contributed by atoms with Gasteiger partial charge in [-0.05, 0) is 49.9 Å². The van der Waals surface area contributed by atoms with E-state index in [0.717, 1.165) is 0 Å². The highest BCUT2D eigenvalue weighted by atomic mass is 16.6. The van der Waals surface area contributed by atoms with Gasteiger partial charge in [-0.3, -0.25) is 19.3 Å². The summed E-state index contributed by atoms with van der Waals surface area (Å²) in [7, 11) is 3.67. The van der Waals surface area contributed by atoms with E-state index in [2.05, 4.69) is 0 Å². The Morgan fingerprint density at radius 1 is 1.22 bits per heavy atom. The number of hydrogen-bond acceptors (Lipinski definition) is 8. The fourth-order valence-electron chi connectivity index (χ4n) is 8.40. The average molecular weight is 518 g/mol. The summed E-state index contributed by atoms with van der Waals surface area (Å²) in [4.78, 5) is 41.1. The van der Waals surface area contributed by atoms with Crippen molar-refractivity contribution in [3.8, 4) is 0 Å². The molecule has 37 heavy (non-hydrogen) atoms. The number of nitrogens with zero attached hydrogens (tertiary/aromatic N) is 1. The van der Waals surface area contributed by atoms with Gasteiger partial charge in [0.05, 0.1) is 6.61 Å². The highest BCUT2D eigenvalue weighted by molar-refractivity contribution is 6.04. The Bertz CT molecular complexity index is 1050. The molecule has 1 unspecified atom stereocenters. The zero-order valence-electron chi connectivity index (χ0n) is 23.6. The molecule has 9 atom stereocenters. The van der Waals surface area contributed by atoms with Gasteiger partial charge < -0.3 is 19.7 Å². The van der Waals surface area contributed by atoms with Gasteiger partial charge in [0.15, 0.2) is 11.4 Å². The molecule has 0 aromatic heterocycles. The van der Waals surface area contributed by atoms with E-state index in [1.54, 1.807) is 6.92 Å². The SMILES string of the molecule is CC(=O)O[C@@]12[C@H](OC(=O)[C@@H](C(C)C)N(C)C)[C@@H](C)C3[C@@H](C=C(CO)C[C@@]4(O)C(=O)C(C)=C[C@@H]34)[C@@H]1C2(C)C. The summed E-state index contributed by atoms with van der Waals surface area (Å²) in [5, 5.41) is 21.9. The van der Waals surface area contributed by atoms with Gasteiger partial charge in [0.25, 0.3) is 0 Å². The molecule has 0 aromatic carbocycles. The van der Waals surface area contributed by atoms with Gasteiger partial charge in [-0.25, -0.2) is 0 Å². The number of carbonyl (C=O) groups is 3. The molecule has 2 fully saturated rings. The van der Waals surface area contributed by atoms with Crippen molar-refractivity contribution in [2.45, 2.75) is 78.2 Å². The highest BCUT2D eigenvalue weighted by Crippen LogP contribution is 2.76. The summed E-state index contributed by atoms with van der Waals surface area (Å²) in [5.41, 5.74) is -2.14. The number of ketones is 1. The third kappa shape index (κ3) is 3.85. The van der Waals surface area contributed by atoms with Crippen molar-refractivity contribution in [3.63, 3.8) is 0 Å². The number of carbonyl (C=O) groups excluding carboxylic acids is 3. The summed E-state index contributed by atoms with van der Waals surface area (Å²) < 4.78 is 12.5. The van der Waals surface area contributed by atoms with E-state index in [4.69, 9.17) is 9.47 Å². The van der Waals surface area contributed by atoms with Crippen LogP contribution in [0.25, 0.3) is 0 Å². The van der Waals surface area contributed by atoms with Gasteiger partial charge in [-0.2, -0.15) is 0 Å². The number of fused-ring (bicyclic) bond motifs is 5. The van der Waals surface area contributed by atoms with E-state index in [0.29, 0.717) is 11.1 Å². The Morgan fingerprint density at radius 2 is 1.84 bits per heavy atom. The molecule has 8 nitrogen and oxygen atoms in total. The van der Waals surface area contributed by atoms with Crippen molar-refractivity contribution >= 4 is 17.7 Å². The number of aliphatic hydroxyl groups excluding tert-OH is 1. The maximum Gasteiger partial charge on any atom is 0.324 e. The first-order valence-electron chi connectivity index (χ1n) is 13.4. The summed E-state index contributed by atoms with van der Waals surface area (Å²) in [6.45, 7) is 12.7. The van der Waals surface area contributed by atoms with E-state index in [1.165, 1.54) is 6.92 Å². The predicted molar refractivity (Wildman–Crippen MR) is 137 cm³/mol. The van der Waals surface area contributed by atoms with Crippen molar-refractivity contribution in [1.82, 2.24) is 4.90 Å². The number of likely N-dealkylation sites (N-methyl/N-ethyl adjacent to an activating group) is 1. The van der Waals surface area contributed by atoms with Crippen molar-refractivity contribution in [3.05, 3.63) is 23.3 Å². The van der Waals surface area contributed by atoms with Crippen LogP contribution in [0.15, 0.2) is 23.3 Å². The number of ether oxygens (including phenoxy) is 2. The Balaban J connectivity index is 1.87. The predicted octanol–water partition coefficient (Wildman–Crippen LogP) is 2.52. The fourth-order valence-corrected chi connectivity index (χ4v) is 8.40. The lowest BCUT2D eigenvalue weighted by atomic mass is 9.62.